The van der Waals surface area contributed by atoms with Gasteiger partial charge in [0.15, 0.2) is 11.5 Å². The van der Waals surface area contributed by atoms with Gasteiger partial charge in [-0.05, 0) is 59.5 Å². The van der Waals surface area contributed by atoms with E-state index in [-0.39, 0.29) is 35.6 Å². The zero-order chi connectivity index (χ0) is 26.2. The number of carbonyl (C=O) groups excluding carboxylic acids is 1. The van der Waals surface area contributed by atoms with E-state index in [0.29, 0.717) is 31.0 Å². The van der Waals surface area contributed by atoms with Crippen LogP contribution in [0.3, 0.4) is 0 Å². The molecule has 0 aliphatic rings. The molecule has 0 radical (unpaired) electrons. The van der Waals surface area contributed by atoms with E-state index in [2.05, 4.69) is 10.4 Å². The summed E-state index contributed by atoms with van der Waals surface area (Å²) in [5.74, 6) is 0.371. The highest BCUT2D eigenvalue weighted by Gasteiger charge is 2.18. The molecule has 37 heavy (non-hydrogen) atoms. The molecule has 0 fully saturated rings. The Balaban J connectivity index is 1.46. The van der Waals surface area contributed by atoms with Crippen LogP contribution in [0.2, 0.25) is 0 Å². The van der Waals surface area contributed by atoms with Gasteiger partial charge in [-0.2, -0.15) is 0 Å². The van der Waals surface area contributed by atoms with Crippen molar-refractivity contribution in [2.24, 2.45) is 0 Å². The van der Waals surface area contributed by atoms with Gasteiger partial charge >= 0.3 is 0 Å². The molecule has 4 rings (SSSR count). The van der Waals surface area contributed by atoms with Crippen LogP contribution in [-0.2, 0) is 19.6 Å². The van der Waals surface area contributed by atoms with Crippen LogP contribution in [0.25, 0.3) is 0 Å². The zero-order valence-corrected chi connectivity index (χ0v) is 20.5. The van der Waals surface area contributed by atoms with E-state index in [9.17, 15) is 13.6 Å². The smallest absolute Gasteiger partial charge is 0.258 e. The van der Waals surface area contributed by atoms with Crippen molar-refractivity contribution in [3.8, 4) is 17.4 Å². The van der Waals surface area contributed by atoms with Gasteiger partial charge in [0.1, 0.15) is 23.8 Å². The number of rotatable bonds is 11. The maximum Gasteiger partial charge on any atom is 0.258 e. The molecule has 4 aromatic rings. The molecule has 0 aliphatic carbocycles. The topological polar surface area (TPSA) is 74.6 Å². The minimum Gasteiger partial charge on any atom is -0.493 e. The number of amides is 1. The summed E-state index contributed by atoms with van der Waals surface area (Å²) in [6, 6.07) is 17.5. The molecule has 1 N–H and O–H groups in total. The Morgan fingerprint density at radius 1 is 0.865 bits per heavy atom. The van der Waals surface area contributed by atoms with Gasteiger partial charge in [-0.15, -0.1) is 5.10 Å². The van der Waals surface area contributed by atoms with E-state index in [1.807, 2.05) is 18.2 Å². The van der Waals surface area contributed by atoms with E-state index < -0.39 is 0 Å². The molecule has 9 heteroatoms. The number of benzene rings is 3. The standard InChI is InChI=1S/C28H27F2N3O4/c1-35-25-12-7-19(15-26(25)36-2)13-14-31-27(34)24-17-33(16-20-3-8-22(29)9-4-20)32-28(24)37-18-21-5-10-23(30)11-6-21/h3-12,15,17H,13-14,16,18H2,1-2H3,(H,31,34). The van der Waals surface area contributed by atoms with Gasteiger partial charge in [-0.3, -0.25) is 9.48 Å². The summed E-state index contributed by atoms with van der Waals surface area (Å²) < 4.78 is 44.5. The first-order valence-electron chi connectivity index (χ1n) is 11.6. The predicted molar refractivity (Wildman–Crippen MR) is 134 cm³/mol. The molecular weight excluding hydrogens is 480 g/mol. The maximum atomic E-state index is 13.3. The number of hydrogen-bond acceptors (Lipinski definition) is 5. The largest absolute Gasteiger partial charge is 0.493 e. The number of hydrogen-bond donors (Lipinski definition) is 1. The van der Waals surface area contributed by atoms with Gasteiger partial charge in [0.25, 0.3) is 5.91 Å². The highest BCUT2D eigenvalue weighted by molar-refractivity contribution is 5.96. The normalized spacial score (nSPS) is 10.7. The van der Waals surface area contributed by atoms with Crippen LogP contribution in [0.15, 0.2) is 72.9 Å². The number of aromatic nitrogens is 2. The lowest BCUT2D eigenvalue weighted by Crippen LogP contribution is -2.26. The number of methoxy groups -OCH3 is 2. The van der Waals surface area contributed by atoms with Crippen LogP contribution in [0, 0.1) is 11.6 Å². The molecule has 0 saturated carbocycles. The molecular formula is C28H27F2N3O4. The van der Waals surface area contributed by atoms with Crippen molar-refractivity contribution in [1.29, 1.82) is 0 Å². The van der Waals surface area contributed by atoms with Gasteiger partial charge in [0.05, 0.1) is 20.8 Å². The third-order valence-electron chi connectivity index (χ3n) is 5.67. The van der Waals surface area contributed by atoms with Crippen molar-refractivity contribution in [3.63, 3.8) is 0 Å². The fraction of sp³-hybridized carbons (Fsp3) is 0.214. The summed E-state index contributed by atoms with van der Waals surface area (Å²) >= 11 is 0. The van der Waals surface area contributed by atoms with E-state index >= 15 is 0 Å². The summed E-state index contributed by atoms with van der Waals surface area (Å²) in [5.41, 5.74) is 2.78. The van der Waals surface area contributed by atoms with E-state index in [0.717, 1.165) is 16.7 Å². The summed E-state index contributed by atoms with van der Waals surface area (Å²) in [6.07, 6.45) is 2.16. The fourth-order valence-electron chi connectivity index (χ4n) is 3.71. The summed E-state index contributed by atoms with van der Waals surface area (Å²) in [5, 5.41) is 7.33. The lowest BCUT2D eigenvalue weighted by Gasteiger charge is -2.10. The highest BCUT2D eigenvalue weighted by Crippen LogP contribution is 2.27. The summed E-state index contributed by atoms with van der Waals surface area (Å²) in [4.78, 5) is 13.1. The predicted octanol–water partition coefficient (Wildman–Crippen LogP) is 4.78. The Morgan fingerprint density at radius 2 is 1.49 bits per heavy atom. The van der Waals surface area contributed by atoms with Gasteiger partial charge in [0.2, 0.25) is 5.88 Å². The molecule has 7 nitrogen and oxygen atoms in total. The first-order valence-corrected chi connectivity index (χ1v) is 11.6. The van der Waals surface area contributed by atoms with E-state index in [4.69, 9.17) is 14.2 Å². The van der Waals surface area contributed by atoms with Crippen LogP contribution < -0.4 is 19.5 Å². The molecule has 192 valence electrons. The van der Waals surface area contributed by atoms with Gasteiger partial charge in [0, 0.05) is 12.7 Å². The first kappa shape index (κ1) is 25.7. The lowest BCUT2D eigenvalue weighted by atomic mass is 10.1. The second kappa shape index (κ2) is 12.0. The van der Waals surface area contributed by atoms with Crippen molar-refractivity contribution in [3.05, 3.63) is 107 Å². The van der Waals surface area contributed by atoms with Crippen molar-refractivity contribution in [1.82, 2.24) is 15.1 Å². The molecule has 0 aliphatic heterocycles. The van der Waals surface area contributed by atoms with Crippen molar-refractivity contribution >= 4 is 5.91 Å². The molecule has 0 spiro atoms. The van der Waals surface area contributed by atoms with Crippen molar-refractivity contribution < 1.29 is 27.8 Å². The number of carbonyl (C=O) groups is 1. The second-order valence-electron chi connectivity index (χ2n) is 8.28. The Bertz CT molecular complexity index is 1340. The molecule has 0 saturated heterocycles. The van der Waals surface area contributed by atoms with Gasteiger partial charge in [-0.25, -0.2) is 8.78 Å². The third kappa shape index (κ3) is 6.84. The zero-order valence-electron chi connectivity index (χ0n) is 20.5. The minimum absolute atomic E-state index is 0.111. The van der Waals surface area contributed by atoms with E-state index in [1.54, 1.807) is 49.4 Å². The summed E-state index contributed by atoms with van der Waals surface area (Å²) in [7, 11) is 3.14. The molecule has 0 unspecified atom stereocenters. The van der Waals surface area contributed by atoms with Crippen LogP contribution >= 0.6 is 0 Å². The lowest BCUT2D eigenvalue weighted by molar-refractivity contribution is 0.0949. The molecule has 1 amide bonds. The molecule has 1 heterocycles. The maximum absolute atomic E-state index is 13.3. The molecule has 0 bridgehead atoms. The second-order valence-corrected chi connectivity index (χ2v) is 8.28. The Morgan fingerprint density at radius 3 is 2.14 bits per heavy atom. The average molecular weight is 508 g/mol. The Kier molecular flexibility index (Phi) is 8.35. The first-order chi connectivity index (χ1) is 17.9. The Hall–Kier alpha value is -4.40. The monoisotopic (exact) mass is 507 g/mol. The highest BCUT2D eigenvalue weighted by atomic mass is 19.1. The Labute approximate surface area is 213 Å². The van der Waals surface area contributed by atoms with Crippen LogP contribution in [0.5, 0.6) is 17.4 Å². The molecule has 0 atom stereocenters. The fourth-order valence-corrected chi connectivity index (χ4v) is 3.71. The summed E-state index contributed by atoms with van der Waals surface area (Å²) in [6.45, 7) is 0.806. The average Bonchev–Trinajstić information content (AvgIpc) is 3.32. The molecule has 1 aromatic heterocycles. The minimum atomic E-state index is -0.347. The quantitative estimate of drug-likeness (QED) is 0.316. The van der Waals surface area contributed by atoms with E-state index in [1.165, 1.54) is 24.3 Å². The number of ether oxygens (including phenoxy) is 3. The van der Waals surface area contributed by atoms with Crippen molar-refractivity contribution in [2.45, 2.75) is 19.6 Å². The number of nitrogens with one attached hydrogen (secondary N) is 1. The van der Waals surface area contributed by atoms with Crippen LogP contribution in [-0.4, -0.2) is 36.5 Å². The molecule has 3 aromatic carbocycles. The van der Waals surface area contributed by atoms with Gasteiger partial charge in [-0.1, -0.05) is 30.3 Å². The number of nitrogens with zero attached hydrogens (tertiary/aromatic N) is 2. The number of halogens is 2. The van der Waals surface area contributed by atoms with Crippen LogP contribution in [0.4, 0.5) is 8.78 Å². The third-order valence-corrected chi connectivity index (χ3v) is 5.67. The van der Waals surface area contributed by atoms with Crippen molar-refractivity contribution in [2.75, 3.05) is 20.8 Å². The van der Waals surface area contributed by atoms with Gasteiger partial charge < -0.3 is 19.5 Å². The van der Waals surface area contributed by atoms with Crippen LogP contribution in [0.1, 0.15) is 27.0 Å². The SMILES string of the molecule is COc1ccc(CCNC(=O)c2cn(Cc3ccc(F)cc3)nc2OCc2ccc(F)cc2)cc1OC.